The van der Waals surface area contributed by atoms with E-state index in [-0.39, 0.29) is 0 Å². The fourth-order valence-corrected chi connectivity index (χ4v) is 4.06. The van der Waals surface area contributed by atoms with Gasteiger partial charge in [-0.05, 0) is 42.3 Å². The van der Waals surface area contributed by atoms with Crippen molar-refractivity contribution in [3.63, 3.8) is 0 Å². The summed E-state index contributed by atoms with van der Waals surface area (Å²) in [7, 11) is 0. The summed E-state index contributed by atoms with van der Waals surface area (Å²) in [6.45, 7) is 7.57. The number of nitrogens with zero attached hydrogens (tertiary/aromatic N) is 2. The predicted octanol–water partition coefficient (Wildman–Crippen LogP) is 3.14. The van der Waals surface area contributed by atoms with Crippen molar-refractivity contribution in [3.8, 4) is 0 Å². The van der Waals surface area contributed by atoms with Crippen molar-refractivity contribution >= 4 is 10.8 Å². The maximum Gasteiger partial charge on any atom is 0.0594 e. The summed E-state index contributed by atoms with van der Waals surface area (Å²) in [5, 5.41) is 2.76. The summed E-state index contributed by atoms with van der Waals surface area (Å²) in [5.41, 5.74) is 1.47. The average molecular weight is 310 g/mol. The quantitative estimate of drug-likeness (QED) is 0.866. The van der Waals surface area contributed by atoms with Gasteiger partial charge in [0.05, 0.1) is 13.2 Å². The molecule has 0 radical (unpaired) electrons. The Bertz CT molecular complexity index is 638. The highest BCUT2D eigenvalue weighted by molar-refractivity contribution is 5.85. The number of ether oxygens (including phenoxy) is 1. The Labute approximate surface area is 138 Å². The van der Waals surface area contributed by atoms with Crippen LogP contribution in [0.15, 0.2) is 42.5 Å². The van der Waals surface area contributed by atoms with Crippen molar-refractivity contribution in [2.45, 2.75) is 25.4 Å². The van der Waals surface area contributed by atoms with E-state index in [1.165, 1.54) is 42.3 Å². The second kappa shape index (κ2) is 7.00. The minimum Gasteiger partial charge on any atom is -0.379 e. The number of hydrogen-bond acceptors (Lipinski definition) is 3. The molecule has 2 aliphatic heterocycles. The lowest BCUT2D eigenvalue weighted by atomic mass is 10.00. The molecule has 0 aliphatic carbocycles. The Balaban J connectivity index is 1.39. The zero-order valence-electron chi connectivity index (χ0n) is 13.8. The molecule has 2 aliphatic rings. The molecule has 2 saturated heterocycles. The first-order valence-corrected chi connectivity index (χ1v) is 8.91. The number of rotatable bonds is 3. The number of hydrogen-bond donors (Lipinski definition) is 0. The van der Waals surface area contributed by atoms with E-state index in [2.05, 4.69) is 52.3 Å². The maximum absolute atomic E-state index is 5.48. The van der Waals surface area contributed by atoms with Crippen LogP contribution in [-0.4, -0.2) is 55.2 Å². The number of likely N-dealkylation sites (tertiary alicyclic amines) is 1. The van der Waals surface area contributed by atoms with Gasteiger partial charge in [-0.15, -0.1) is 0 Å². The van der Waals surface area contributed by atoms with E-state index in [9.17, 15) is 0 Å². The first kappa shape index (κ1) is 15.1. The molecule has 3 nitrogen and oxygen atoms in total. The zero-order valence-corrected chi connectivity index (χ0v) is 13.8. The van der Waals surface area contributed by atoms with E-state index in [1.54, 1.807) is 0 Å². The SMILES string of the molecule is c1ccc2c(CN3CCC(N4CCOCC4)CC3)cccc2c1. The van der Waals surface area contributed by atoms with E-state index in [0.717, 1.165) is 38.9 Å². The van der Waals surface area contributed by atoms with Crippen molar-refractivity contribution in [2.75, 3.05) is 39.4 Å². The summed E-state index contributed by atoms with van der Waals surface area (Å²) >= 11 is 0. The van der Waals surface area contributed by atoms with Gasteiger partial charge in [-0.25, -0.2) is 0 Å². The molecule has 0 saturated carbocycles. The van der Waals surface area contributed by atoms with Crippen molar-refractivity contribution < 1.29 is 4.74 Å². The molecule has 0 spiro atoms. The summed E-state index contributed by atoms with van der Waals surface area (Å²) in [5.74, 6) is 0. The molecule has 0 unspecified atom stereocenters. The van der Waals surface area contributed by atoms with Crippen LogP contribution in [0, 0.1) is 0 Å². The third-order valence-corrected chi connectivity index (χ3v) is 5.39. The second-order valence-corrected chi connectivity index (χ2v) is 6.79. The highest BCUT2D eigenvalue weighted by Crippen LogP contribution is 2.23. The predicted molar refractivity (Wildman–Crippen MR) is 94.6 cm³/mol. The van der Waals surface area contributed by atoms with Crippen molar-refractivity contribution in [2.24, 2.45) is 0 Å². The smallest absolute Gasteiger partial charge is 0.0594 e. The molecule has 2 fully saturated rings. The Morgan fingerprint density at radius 1 is 0.870 bits per heavy atom. The first-order valence-electron chi connectivity index (χ1n) is 8.91. The van der Waals surface area contributed by atoms with Crippen molar-refractivity contribution in [3.05, 3.63) is 48.0 Å². The van der Waals surface area contributed by atoms with Crippen LogP contribution in [-0.2, 0) is 11.3 Å². The Morgan fingerprint density at radius 3 is 2.43 bits per heavy atom. The maximum atomic E-state index is 5.48. The normalized spacial score (nSPS) is 21.7. The molecule has 2 heterocycles. The van der Waals surface area contributed by atoms with Gasteiger partial charge in [0.25, 0.3) is 0 Å². The Morgan fingerprint density at radius 2 is 1.61 bits per heavy atom. The van der Waals surface area contributed by atoms with E-state index < -0.39 is 0 Å². The van der Waals surface area contributed by atoms with Crippen molar-refractivity contribution in [1.29, 1.82) is 0 Å². The third kappa shape index (κ3) is 3.42. The van der Waals surface area contributed by atoms with Gasteiger partial charge in [-0.1, -0.05) is 42.5 Å². The van der Waals surface area contributed by atoms with Gasteiger partial charge < -0.3 is 4.74 Å². The molecule has 2 aromatic rings. The number of morpholine rings is 1. The van der Waals surface area contributed by atoms with Gasteiger partial charge in [-0.3, -0.25) is 9.80 Å². The average Bonchev–Trinajstić information content (AvgIpc) is 2.63. The molecule has 0 bridgehead atoms. The Kier molecular flexibility index (Phi) is 4.60. The zero-order chi connectivity index (χ0) is 15.5. The Hall–Kier alpha value is -1.42. The fourth-order valence-electron chi connectivity index (χ4n) is 4.06. The van der Waals surface area contributed by atoms with E-state index >= 15 is 0 Å². The van der Waals surface area contributed by atoms with Gasteiger partial charge in [0.2, 0.25) is 0 Å². The number of benzene rings is 2. The molecule has 4 rings (SSSR count). The molecule has 122 valence electrons. The molecule has 23 heavy (non-hydrogen) atoms. The highest BCUT2D eigenvalue weighted by Gasteiger charge is 2.25. The first-order chi connectivity index (χ1) is 11.4. The van der Waals surface area contributed by atoms with Gasteiger partial charge in [0.15, 0.2) is 0 Å². The summed E-state index contributed by atoms with van der Waals surface area (Å²) in [6.07, 6.45) is 2.59. The molecule has 0 aromatic heterocycles. The van der Waals surface area contributed by atoms with Crippen molar-refractivity contribution in [1.82, 2.24) is 9.80 Å². The molecular formula is C20H26N2O. The van der Waals surface area contributed by atoms with Gasteiger partial charge in [-0.2, -0.15) is 0 Å². The van der Waals surface area contributed by atoms with Gasteiger partial charge in [0, 0.05) is 25.7 Å². The lowest BCUT2D eigenvalue weighted by molar-refractivity contribution is 0.000262. The summed E-state index contributed by atoms with van der Waals surface area (Å²) in [4.78, 5) is 5.26. The van der Waals surface area contributed by atoms with Gasteiger partial charge in [0.1, 0.15) is 0 Å². The molecule has 2 aromatic carbocycles. The molecular weight excluding hydrogens is 284 g/mol. The molecule has 0 N–H and O–H groups in total. The van der Waals surface area contributed by atoms with Crippen LogP contribution in [0.2, 0.25) is 0 Å². The molecule has 3 heteroatoms. The van der Waals surface area contributed by atoms with Crippen LogP contribution in [0.3, 0.4) is 0 Å². The van der Waals surface area contributed by atoms with Crippen LogP contribution >= 0.6 is 0 Å². The lowest BCUT2D eigenvalue weighted by Gasteiger charge is -2.40. The number of piperidine rings is 1. The largest absolute Gasteiger partial charge is 0.379 e. The fraction of sp³-hybridized carbons (Fsp3) is 0.500. The topological polar surface area (TPSA) is 15.7 Å². The van der Waals surface area contributed by atoms with E-state index in [0.29, 0.717) is 0 Å². The number of fused-ring (bicyclic) bond motifs is 1. The third-order valence-electron chi connectivity index (χ3n) is 5.39. The summed E-state index contributed by atoms with van der Waals surface area (Å²) < 4.78 is 5.48. The highest BCUT2D eigenvalue weighted by atomic mass is 16.5. The van der Waals surface area contributed by atoms with E-state index in [1.807, 2.05) is 0 Å². The monoisotopic (exact) mass is 310 g/mol. The molecule has 0 atom stereocenters. The minimum atomic E-state index is 0.766. The van der Waals surface area contributed by atoms with Crippen LogP contribution in [0.25, 0.3) is 10.8 Å². The van der Waals surface area contributed by atoms with Crippen LogP contribution < -0.4 is 0 Å². The minimum absolute atomic E-state index is 0.766. The van der Waals surface area contributed by atoms with Gasteiger partial charge >= 0.3 is 0 Å². The summed E-state index contributed by atoms with van der Waals surface area (Å²) in [6, 6.07) is 16.2. The standard InChI is InChI=1S/C20H26N2O/c1-2-7-20-17(4-1)5-3-6-18(20)16-21-10-8-19(9-11-21)22-12-14-23-15-13-22/h1-7,19H,8-16H2. The van der Waals surface area contributed by atoms with E-state index in [4.69, 9.17) is 4.74 Å². The molecule has 0 amide bonds. The van der Waals surface area contributed by atoms with Crippen LogP contribution in [0.1, 0.15) is 18.4 Å². The van der Waals surface area contributed by atoms with Crippen LogP contribution in [0.4, 0.5) is 0 Å². The second-order valence-electron chi connectivity index (χ2n) is 6.79. The van der Waals surface area contributed by atoms with Crippen LogP contribution in [0.5, 0.6) is 0 Å². The lowest BCUT2D eigenvalue weighted by Crippen LogP contribution is -2.48.